The normalized spacial score (nSPS) is 10.6. The molecular weight excluding hydrogens is 262 g/mol. The molecular formula is C7H8BrN7. The van der Waals surface area contributed by atoms with E-state index in [-0.39, 0.29) is 5.95 Å². The smallest absolute Gasteiger partial charge is 0.272 e. The predicted molar refractivity (Wildman–Crippen MR) is 56.3 cm³/mol. The fourth-order valence-corrected chi connectivity index (χ4v) is 1.39. The largest absolute Gasteiger partial charge is 0.366 e. The molecule has 0 atom stereocenters. The number of hydrogen-bond donors (Lipinski definition) is 1. The summed E-state index contributed by atoms with van der Waals surface area (Å²) < 4.78 is 1.83. The lowest BCUT2D eigenvalue weighted by molar-refractivity contribution is 0.740. The molecule has 2 heterocycles. The van der Waals surface area contributed by atoms with Crippen molar-refractivity contribution in [2.45, 2.75) is 13.8 Å². The average Bonchev–Trinajstić information content (AvgIpc) is 2.50. The van der Waals surface area contributed by atoms with Gasteiger partial charge >= 0.3 is 0 Å². The Labute approximate surface area is 93.9 Å². The highest BCUT2D eigenvalue weighted by Crippen LogP contribution is 2.12. The Hall–Kier alpha value is -1.57. The SMILES string of the molecule is Cc1nnc(-n2nc(N)nc2Br)nc1C. The van der Waals surface area contributed by atoms with E-state index >= 15 is 0 Å². The number of nitrogens with zero attached hydrogens (tertiary/aromatic N) is 6. The highest BCUT2D eigenvalue weighted by Gasteiger charge is 2.10. The van der Waals surface area contributed by atoms with Gasteiger partial charge in [0.2, 0.25) is 10.7 Å². The van der Waals surface area contributed by atoms with Crippen molar-refractivity contribution in [3.8, 4) is 5.95 Å². The molecule has 0 aliphatic carbocycles. The van der Waals surface area contributed by atoms with Crippen LogP contribution >= 0.6 is 15.9 Å². The minimum Gasteiger partial charge on any atom is -0.366 e. The molecule has 8 heteroatoms. The number of aromatic nitrogens is 6. The van der Waals surface area contributed by atoms with Gasteiger partial charge in [0, 0.05) is 0 Å². The van der Waals surface area contributed by atoms with Crippen LogP contribution in [0.3, 0.4) is 0 Å². The number of anilines is 1. The van der Waals surface area contributed by atoms with Crippen LogP contribution in [-0.4, -0.2) is 29.9 Å². The first kappa shape index (κ1) is 9.97. The van der Waals surface area contributed by atoms with E-state index in [9.17, 15) is 0 Å². The van der Waals surface area contributed by atoms with Crippen molar-refractivity contribution >= 4 is 21.9 Å². The molecule has 0 spiro atoms. The van der Waals surface area contributed by atoms with Crippen molar-refractivity contribution in [1.82, 2.24) is 29.9 Å². The molecule has 0 aliphatic heterocycles. The van der Waals surface area contributed by atoms with Gasteiger partial charge in [-0.3, -0.25) is 0 Å². The Bertz CT molecular complexity index is 506. The second kappa shape index (κ2) is 3.54. The average molecular weight is 270 g/mol. The zero-order valence-corrected chi connectivity index (χ0v) is 9.72. The monoisotopic (exact) mass is 269 g/mol. The molecule has 0 saturated heterocycles. The Morgan fingerprint density at radius 3 is 2.40 bits per heavy atom. The summed E-state index contributed by atoms with van der Waals surface area (Å²) in [6.07, 6.45) is 0. The van der Waals surface area contributed by atoms with E-state index in [0.29, 0.717) is 10.7 Å². The molecule has 2 aromatic rings. The predicted octanol–water partition coefficient (Wildman–Crippen LogP) is 0.414. The molecule has 2 rings (SSSR count). The van der Waals surface area contributed by atoms with Gasteiger partial charge in [-0.15, -0.1) is 10.2 Å². The maximum atomic E-state index is 5.44. The molecule has 0 amide bonds. The van der Waals surface area contributed by atoms with Crippen LogP contribution < -0.4 is 5.73 Å². The summed E-state index contributed by atoms with van der Waals surface area (Å²) in [5, 5.41) is 11.8. The maximum Gasteiger partial charge on any atom is 0.272 e. The summed E-state index contributed by atoms with van der Waals surface area (Å²) in [5.74, 6) is 0.498. The molecule has 0 aromatic carbocycles. The number of nitrogens with two attached hydrogens (primary N) is 1. The van der Waals surface area contributed by atoms with E-state index in [0.717, 1.165) is 11.4 Å². The van der Waals surface area contributed by atoms with Gasteiger partial charge in [0.05, 0.1) is 11.4 Å². The van der Waals surface area contributed by atoms with Crippen LogP contribution in [0.4, 0.5) is 5.95 Å². The van der Waals surface area contributed by atoms with Crippen molar-refractivity contribution in [3.63, 3.8) is 0 Å². The Morgan fingerprint density at radius 2 is 1.87 bits per heavy atom. The lowest BCUT2D eigenvalue weighted by atomic mass is 10.4. The molecule has 2 N–H and O–H groups in total. The molecule has 78 valence electrons. The molecule has 7 nitrogen and oxygen atoms in total. The summed E-state index contributed by atoms with van der Waals surface area (Å²) in [5.41, 5.74) is 7.01. The van der Waals surface area contributed by atoms with Crippen LogP contribution in [0, 0.1) is 13.8 Å². The number of hydrogen-bond acceptors (Lipinski definition) is 6. The van der Waals surface area contributed by atoms with Crippen LogP contribution in [0.1, 0.15) is 11.4 Å². The first-order valence-electron chi connectivity index (χ1n) is 4.14. The van der Waals surface area contributed by atoms with Gasteiger partial charge in [-0.1, -0.05) is 0 Å². The van der Waals surface area contributed by atoms with Gasteiger partial charge < -0.3 is 5.73 Å². The molecule has 0 bridgehead atoms. The highest BCUT2D eigenvalue weighted by molar-refractivity contribution is 9.10. The van der Waals surface area contributed by atoms with Gasteiger partial charge in [0.1, 0.15) is 0 Å². The Balaban J connectivity index is 2.54. The zero-order valence-electron chi connectivity index (χ0n) is 8.14. The Morgan fingerprint density at radius 1 is 1.13 bits per heavy atom. The number of halogens is 1. The quantitative estimate of drug-likeness (QED) is 0.806. The summed E-state index contributed by atoms with van der Waals surface area (Å²) >= 11 is 3.20. The molecule has 0 unspecified atom stereocenters. The third-order valence-electron chi connectivity index (χ3n) is 1.85. The van der Waals surface area contributed by atoms with Gasteiger partial charge in [0.25, 0.3) is 5.95 Å². The number of nitrogen functional groups attached to an aromatic ring is 1. The fourth-order valence-electron chi connectivity index (χ4n) is 0.970. The fraction of sp³-hybridized carbons (Fsp3) is 0.286. The van der Waals surface area contributed by atoms with Gasteiger partial charge in [0.15, 0.2) is 0 Å². The third-order valence-corrected chi connectivity index (χ3v) is 2.37. The summed E-state index contributed by atoms with van der Waals surface area (Å²) in [4.78, 5) is 8.10. The summed E-state index contributed by atoms with van der Waals surface area (Å²) in [6.45, 7) is 3.69. The first-order valence-corrected chi connectivity index (χ1v) is 4.93. The topological polar surface area (TPSA) is 95.4 Å². The molecule has 2 aromatic heterocycles. The second-order valence-electron chi connectivity index (χ2n) is 2.93. The van der Waals surface area contributed by atoms with Gasteiger partial charge in [-0.25, -0.2) is 4.98 Å². The maximum absolute atomic E-state index is 5.44. The van der Waals surface area contributed by atoms with E-state index in [1.54, 1.807) is 0 Å². The van der Waals surface area contributed by atoms with Crippen molar-refractivity contribution in [2.24, 2.45) is 0 Å². The Kier molecular flexibility index (Phi) is 2.35. The lowest BCUT2D eigenvalue weighted by Crippen LogP contribution is -2.08. The van der Waals surface area contributed by atoms with Crippen LogP contribution in [0.5, 0.6) is 0 Å². The van der Waals surface area contributed by atoms with Crippen molar-refractivity contribution in [1.29, 1.82) is 0 Å². The van der Waals surface area contributed by atoms with Crippen molar-refractivity contribution < 1.29 is 0 Å². The van der Waals surface area contributed by atoms with Crippen LogP contribution in [0.2, 0.25) is 0 Å². The van der Waals surface area contributed by atoms with Crippen LogP contribution in [0.15, 0.2) is 4.73 Å². The number of aryl methyl sites for hydroxylation is 2. The van der Waals surface area contributed by atoms with E-state index in [4.69, 9.17) is 5.73 Å². The molecule has 0 fully saturated rings. The minimum absolute atomic E-state index is 0.156. The van der Waals surface area contributed by atoms with Crippen molar-refractivity contribution in [3.05, 3.63) is 16.1 Å². The zero-order chi connectivity index (χ0) is 11.0. The molecule has 15 heavy (non-hydrogen) atoms. The van der Waals surface area contributed by atoms with Crippen molar-refractivity contribution in [2.75, 3.05) is 5.73 Å². The summed E-state index contributed by atoms with van der Waals surface area (Å²) in [7, 11) is 0. The van der Waals surface area contributed by atoms with E-state index in [1.807, 2.05) is 13.8 Å². The minimum atomic E-state index is 0.156. The molecule has 0 saturated carbocycles. The van der Waals surface area contributed by atoms with E-state index in [1.165, 1.54) is 4.68 Å². The van der Waals surface area contributed by atoms with Gasteiger partial charge in [-0.2, -0.15) is 14.8 Å². The summed E-state index contributed by atoms with van der Waals surface area (Å²) in [6, 6.07) is 0. The van der Waals surface area contributed by atoms with Gasteiger partial charge in [-0.05, 0) is 29.8 Å². The number of rotatable bonds is 1. The second-order valence-corrected chi connectivity index (χ2v) is 3.64. The molecule has 0 radical (unpaired) electrons. The third kappa shape index (κ3) is 1.80. The first-order chi connectivity index (χ1) is 7.08. The molecule has 0 aliphatic rings. The standard InChI is InChI=1S/C7H8BrN7/c1-3-4(2)12-13-7(10-3)15-5(8)11-6(9)14-15/h1-2H3,(H2,9,14). The van der Waals surface area contributed by atoms with E-state index in [2.05, 4.69) is 41.2 Å². The van der Waals surface area contributed by atoms with Crippen LogP contribution in [0.25, 0.3) is 5.95 Å². The lowest BCUT2D eigenvalue weighted by Gasteiger charge is -2.01. The van der Waals surface area contributed by atoms with Crippen LogP contribution in [-0.2, 0) is 0 Å². The highest BCUT2D eigenvalue weighted by atomic mass is 79.9. The van der Waals surface area contributed by atoms with E-state index < -0.39 is 0 Å².